The Balaban J connectivity index is 1.98. The largest absolute Gasteiger partial charge is 0.441 e. The number of carbonyl (C=O) groups is 1. The Hall–Kier alpha value is -1.69. The van der Waals surface area contributed by atoms with Gasteiger partial charge < -0.3 is 4.42 Å². The number of aromatic nitrogens is 1. The highest BCUT2D eigenvalue weighted by atomic mass is 31.2. The quantitative estimate of drug-likeness (QED) is 0.707. The van der Waals surface area contributed by atoms with Crippen molar-refractivity contribution in [1.82, 2.24) is 10.1 Å². The van der Waals surface area contributed by atoms with Crippen molar-refractivity contribution in [3.8, 4) is 0 Å². The summed E-state index contributed by atoms with van der Waals surface area (Å²) in [4.78, 5) is 15.5. The van der Waals surface area contributed by atoms with Gasteiger partial charge >= 0.3 is 0 Å². The van der Waals surface area contributed by atoms with E-state index < -0.39 is 13.5 Å². The van der Waals surface area contributed by atoms with Crippen molar-refractivity contribution >= 4 is 24.6 Å². The summed E-state index contributed by atoms with van der Waals surface area (Å²) in [5.41, 5.74) is 11.5. The van der Waals surface area contributed by atoms with Crippen LogP contribution < -0.4 is 16.1 Å². The Morgan fingerprint density at radius 1 is 1.39 bits per heavy atom. The molecular formula is C10H13N4O3P. The van der Waals surface area contributed by atoms with E-state index in [1.54, 1.807) is 6.07 Å². The van der Waals surface area contributed by atoms with Gasteiger partial charge in [-0.25, -0.2) is 4.98 Å². The highest BCUT2D eigenvalue weighted by Crippen LogP contribution is 2.19. The van der Waals surface area contributed by atoms with E-state index in [1.165, 1.54) is 0 Å². The smallest absolute Gasteiger partial charge is 0.300 e. The van der Waals surface area contributed by atoms with Gasteiger partial charge in [0.15, 0.2) is 11.5 Å². The maximum absolute atomic E-state index is 11.3. The molecule has 1 aromatic heterocycles. The molecule has 5 N–H and O–H groups in total. The second-order valence-electron chi connectivity index (χ2n) is 3.82. The van der Waals surface area contributed by atoms with Gasteiger partial charge in [0.05, 0.1) is 0 Å². The summed E-state index contributed by atoms with van der Waals surface area (Å²) in [5, 5.41) is 2.03. The van der Waals surface area contributed by atoms with Gasteiger partial charge in [-0.15, -0.1) is 0 Å². The Labute approximate surface area is 103 Å². The lowest BCUT2D eigenvalue weighted by Crippen LogP contribution is -2.28. The van der Waals surface area contributed by atoms with E-state index in [1.807, 2.05) is 23.3 Å². The molecule has 1 amide bonds. The van der Waals surface area contributed by atoms with Crippen molar-refractivity contribution < 1.29 is 13.8 Å². The lowest BCUT2D eigenvalue weighted by molar-refractivity contribution is -0.119. The number of amides is 1. The molecule has 0 saturated heterocycles. The lowest BCUT2D eigenvalue weighted by Gasteiger charge is -2.07. The van der Waals surface area contributed by atoms with E-state index in [2.05, 4.69) is 4.98 Å². The number of rotatable bonds is 4. The van der Waals surface area contributed by atoms with Crippen LogP contribution in [0.5, 0.6) is 0 Å². The molecule has 0 unspecified atom stereocenters. The number of oxazole rings is 1. The standard InChI is InChI=1S/C10H13N4O3P/c11-18(12,16)14-9(15)5-6-10-13-7-3-1-2-4-8(7)17-10/h1-4H,5-6H2,(H5,11,12,14,15,16). The number of hydrogen-bond donors (Lipinski definition) is 3. The second kappa shape index (κ2) is 4.89. The summed E-state index contributed by atoms with van der Waals surface area (Å²) in [6.45, 7) is 0. The number of hydrogen-bond acceptors (Lipinski definition) is 4. The number of fused-ring (bicyclic) bond motifs is 1. The first-order valence-corrected chi connectivity index (χ1v) is 7.11. The SMILES string of the molecule is NP(N)(=O)NC(=O)CCc1nc2ccccc2o1. The van der Waals surface area contributed by atoms with Gasteiger partial charge in [0.1, 0.15) is 5.52 Å². The number of nitrogens with one attached hydrogen (secondary N) is 1. The number of nitrogens with zero attached hydrogens (tertiary/aromatic N) is 1. The minimum atomic E-state index is -3.52. The van der Waals surface area contributed by atoms with Crippen LogP contribution in [-0.4, -0.2) is 10.9 Å². The van der Waals surface area contributed by atoms with E-state index in [-0.39, 0.29) is 6.42 Å². The molecule has 2 rings (SSSR count). The van der Waals surface area contributed by atoms with Gasteiger partial charge in [-0.1, -0.05) is 12.1 Å². The van der Waals surface area contributed by atoms with Gasteiger partial charge in [-0.05, 0) is 12.1 Å². The van der Waals surface area contributed by atoms with Crippen LogP contribution in [-0.2, 0) is 15.8 Å². The molecule has 18 heavy (non-hydrogen) atoms. The van der Waals surface area contributed by atoms with Gasteiger partial charge in [0.2, 0.25) is 5.91 Å². The third-order valence-electron chi connectivity index (χ3n) is 2.20. The number of nitrogens with two attached hydrogens (primary N) is 2. The lowest BCUT2D eigenvalue weighted by atomic mass is 10.3. The van der Waals surface area contributed by atoms with E-state index >= 15 is 0 Å². The average Bonchev–Trinajstić information content (AvgIpc) is 2.66. The van der Waals surface area contributed by atoms with Crippen molar-refractivity contribution in [2.45, 2.75) is 12.8 Å². The zero-order valence-electron chi connectivity index (χ0n) is 9.50. The molecule has 1 heterocycles. The normalized spacial score (nSPS) is 11.7. The maximum Gasteiger partial charge on any atom is 0.300 e. The number of benzene rings is 1. The molecule has 0 fully saturated rings. The summed E-state index contributed by atoms with van der Waals surface area (Å²) in [5.74, 6) is -0.0548. The molecule has 0 aliphatic carbocycles. The molecule has 8 heteroatoms. The van der Waals surface area contributed by atoms with E-state index in [0.29, 0.717) is 17.9 Å². The summed E-state index contributed by atoms with van der Waals surface area (Å²) >= 11 is 0. The second-order valence-corrected chi connectivity index (χ2v) is 5.46. The first-order valence-electron chi connectivity index (χ1n) is 5.27. The minimum absolute atomic E-state index is 0.0607. The van der Waals surface area contributed by atoms with Crippen LogP contribution in [0.2, 0.25) is 0 Å². The Bertz CT molecular complexity index is 585. The van der Waals surface area contributed by atoms with Gasteiger partial charge in [0, 0.05) is 12.8 Å². The topological polar surface area (TPSA) is 124 Å². The molecular weight excluding hydrogens is 255 g/mol. The minimum Gasteiger partial charge on any atom is -0.441 e. The third kappa shape index (κ3) is 3.40. The summed E-state index contributed by atoms with van der Waals surface area (Å²) < 4.78 is 16.4. The molecule has 0 spiro atoms. The van der Waals surface area contributed by atoms with Gasteiger partial charge in [-0.3, -0.25) is 25.5 Å². The van der Waals surface area contributed by atoms with E-state index in [4.69, 9.17) is 15.4 Å². The fourth-order valence-corrected chi connectivity index (χ4v) is 2.00. The maximum atomic E-state index is 11.3. The molecule has 0 saturated carbocycles. The average molecular weight is 268 g/mol. The van der Waals surface area contributed by atoms with E-state index in [9.17, 15) is 9.36 Å². The zero-order valence-corrected chi connectivity index (χ0v) is 10.4. The van der Waals surface area contributed by atoms with Gasteiger partial charge in [0.25, 0.3) is 7.59 Å². The van der Waals surface area contributed by atoms with Crippen LogP contribution >= 0.6 is 7.59 Å². The van der Waals surface area contributed by atoms with E-state index in [0.717, 1.165) is 5.52 Å². The fourth-order valence-electron chi connectivity index (χ4n) is 1.50. The monoisotopic (exact) mass is 268 g/mol. The molecule has 0 atom stereocenters. The first kappa shape index (κ1) is 12.8. The van der Waals surface area contributed by atoms with Crippen molar-refractivity contribution in [3.63, 3.8) is 0 Å². The molecule has 7 nitrogen and oxygen atoms in total. The summed E-state index contributed by atoms with van der Waals surface area (Å²) in [7, 11) is -3.52. The van der Waals surface area contributed by atoms with Crippen LogP contribution in [0.15, 0.2) is 28.7 Å². The van der Waals surface area contributed by atoms with Crippen LogP contribution in [0.4, 0.5) is 0 Å². The van der Waals surface area contributed by atoms with Crippen LogP contribution in [0.25, 0.3) is 11.1 Å². The van der Waals surface area contributed by atoms with Crippen molar-refractivity contribution in [3.05, 3.63) is 30.2 Å². The molecule has 0 bridgehead atoms. The van der Waals surface area contributed by atoms with Crippen molar-refractivity contribution in [2.24, 2.45) is 11.0 Å². The molecule has 0 aliphatic rings. The predicted octanol–water partition coefficient (Wildman–Crippen LogP) is 0.902. The first-order chi connectivity index (χ1) is 8.44. The van der Waals surface area contributed by atoms with Crippen molar-refractivity contribution in [1.29, 1.82) is 0 Å². The van der Waals surface area contributed by atoms with Gasteiger partial charge in [-0.2, -0.15) is 0 Å². The zero-order chi connectivity index (χ0) is 13.2. The third-order valence-corrected chi connectivity index (χ3v) is 2.80. The molecule has 96 valence electrons. The molecule has 1 aromatic carbocycles. The molecule has 0 radical (unpaired) electrons. The predicted molar refractivity (Wildman–Crippen MR) is 66.5 cm³/mol. The highest BCUT2D eigenvalue weighted by Gasteiger charge is 2.14. The Morgan fingerprint density at radius 3 is 2.78 bits per heavy atom. The summed E-state index contributed by atoms with van der Waals surface area (Å²) in [6.07, 6.45) is 0.353. The molecule has 2 aromatic rings. The summed E-state index contributed by atoms with van der Waals surface area (Å²) in [6, 6.07) is 7.29. The van der Waals surface area contributed by atoms with Crippen LogP contribution in [0, 0.1) is 0 Å². The number of para-hydroxylation sites is 2. The Kier molecular flexibility index (Phi) is 3.47. The fraction of sp³-hybridized carbons (Fsp3) is 0.200. The van der Waals surface area contributed by atoms with Crippen LogP contribution in [0.3, 0.4) is 0 Å². The number of aryl methyl sites for hydroxylation is 1. The molecule has 0 aliphatic heterocycles. The number of carbonyl (C=O) groups excluding carboxylic acids is 1. The Morgan fingerprint density at radius 2 is 2.11 bits per heavy atom. The highest BCUT2D eigenvalue weighted by molar-refractivity contribution is 7.57. The van der Waals surface area contributed by atoms with Crippen LogP contribution in [0.1, 0.15) is 12.3 Å². The van der Waals surface area contributed by atoms with Crippen molar-refractivity contribution in [2.75, 3.05) is 0 Å².